The second kappa shape index (κ2) is 2.97. The molecular formula is C15H17N. The first-order valence-electron chi connectivity index (χ1n) is 6.43. The van der Waals surface area contributed by atoms with E-state index in [1.165, 1.54) is 31.2 Å². The van der Waals surface area contributed by atoms with Gasteiger partial charge in [-0.2, -0.15) is 0 Å². The average Bonchev–Trinajstić information content (AvgIpc) is 2.30. The van der Waals surface area contributed by atoms with Crippen LogP contribution in [0.1, 0.15) is 24.8 Å². The van der Waals surface area contributed by atoms with Crippen LogP contribution in [0.2, 0.25) is 0 Å². The summed E-state index contributed by atoms with van der Waals surface area (Å²) in [7, 11) is 0. The van der Waals surface area contributed by atoms with Crippen LogP contribution in [0, 0.1) is 17.3 Å². The van der Waals surface area contributed by atoms with E-state index < -0.39 is 0 Å². The Labute approximate surface area is 96.6 Å². The van der Waals surface area contributed by atoms with Crippen LogP contribution in [0.25, 0.3) is 0 Å². The molecule has 3 aliphatic carbocycles. The third kappa shape index (κ3) is 1.09. The summed E-state index contributed by atoms with van der Waals surface area (Å²) in [6.07, 6.45) is 7.73. The van der Waals surface area contributed by atoms with E-state index in [4.69, 9.17) is 0 Å². The smallest absolute Gasteiger partial charge is 0.0504 e. The second-order valence-electron chi connectivity index (χ2n) is 5.91. The average molecular weight is 211 g/mol. The Morgan fingerprint density at radius 3 is 2.75 bits per heavy atom. The van der Waals surface area contributed by atoms with Gasteiger partial charge in [0.1, 0.15) is 0 Å². The minimum absolute atomic E-state index is 0.594. The molecule has 3 fully saturated rings. The maximum absolute atomic E-state index is 4.64. The molecule has 1 aromatic carbocycles. The van der Waals surface area contributed by atoms with E-state index in [1.807, 2.05) is 0 Å². The number of aliphatic imine (C=N–C) groups is 1. The van der Waals surface area contributed by atoms with E-state index in [0.717, 1.165) is 11.8 Å². The SMILES string of the molecule is C1=NC2CC3CC(Cc4ccccc4)(C2)C13. The molecule has 0 N–H and O–H groups in total. The molecule has 0 radical (unpaired) electrons. The van der Waals surface area contributed by atoms with Gasteiger partial charge < -0.3 is 0 Å². The van der Waals surface area contributed by atoms with Gasteiger partial charge in [0.15, 0.2) is 0 Å². The standard InChI is InChI=1S/C15H17N/c1-2-4-11(5-3-1)7-15-8-12-6-13(9-15)16-10-14(12)15/h1-5,10,12-14H,6-9H2. The van der Waals surface area contributed by atoms with Gasteiger partial charge in [-0.25, -0.2) is 0 Å². The van der Waals surface area contributed by atoms with Crippen LogP contribution in [0.5, 0.6) is 0 Å². The molecule has 2 aliphatic heterocycles. The fraction of sp³-hybridized carbons (Fsp3) is 0.533. The third-order valence-electron chi connectivity index (χ3n) is 4.96. The number of hydrogen-bond donors (Lipinski definition) is 0. The molecule has 82 valence electrons. The molecule has 0 saturated heterocycles. The van der Waals surface area contributed by atoms with Crippen LogP contribution in [0.15, 0.2) is 35.3 Å². The Balaban J connectivity index is 1.63. The summed E-state index contributed by atoms with van der Waals surface area (Å²) in [6.45, 7) is 0. The molecule has 16 heavy (non-hydrogen) atoms. The van der Waals surface area contributed by atoms with E-state index in [-0.39, 0.29) is 0 Å². The van der Waals surface area contributed by atoms with Crippen LogP contribution in [0.4, 0.5) is 0 Å². The Kier molecular flexibility index (Phi) is 1.66. The van der Waals surface area contributed by atoms with Gasteiger partial charge >= 0.3 is 0 Å². The zero-order valence-corrected chi connectivity index (χ0v) is 9.47. The molecular weight excluding hydrogens is 194 g/mol. The van der Waals surface area contributed by atoms with Crippen molar-refractivity contribution in [1.82, 2.24) is 0 Å². The number of benzene rings is 1. The van der Waals surface area contributed by atoms with Crippen molar-refractivity contribution in [2.24, 2.45) is 22.2 Å². The molecule has 1 nitrogen and oxygen atoms in total. The van der Waals surface area contributed by atoms with Gasteiger partial charge in [-0.3, -0.25) is 4.99 Å². The number of hydrogen-bond acceptors (Lipinski definition) is 1. The summed E-state index contributed by atoms with van der Waals surface area (Å²) in [5.74, 6) is 1.78. The first-order chi connectivity index (χ1) is 7.86. The van der Waals surface area contributed by atoms with Crippen LogP contribution >= 0.6 is 0 Å². The molecule has 3 saturated carbocycles. The van der Waals surface area contributed by atoms with Crippen LogP contribution in [0.3, 0.4) is 0 Å². The summed E-state index contributed by atoms with van der Waals surface area (Å²) in [6, 6.07) is 11.7. The maximum Gasteiger partial charge on any atom is 0.0504 e. The van der Waals surface area contributed by atoms with Gasteiger partial charge in [-0.15, -0.1) is 0 Å². The summed E-state index contributed by atoms with van der Waals surface area (Å²) < 4.78 is 0. The lowest BCUT2D eigenvalue weighted by Crippen LogP contribution is -2.59. The van der Waals surface area contributed by atoms with Gasteiger partial charge in [-0.05, 0) is 42.6 Å². The lowest BCUT2D eigenvalue weighted by molar-refractivity contribution is -0.0666. The van der Waals surface area contributed by atoms with Gasteiger partial charge in [0.05, 0.1) is 6.04 Å². The van der Waals surface area contributed by atoms with E-state index in [2.05, 4.69) is 41.5 Å². The van der Waals surface area contributed by atoms with Gasteiger partial charge in [0, 0.05) is 12.1 Å². The molecule has 2 heterocycles. The molecule has 5 aliphatic rings. The van der Waals surface area contributed by atoms with E-state index in [9.17, 15) is 0 Å². The van der Waals surface area contributed by atoms with Crippen molar-refractivity contribution in [2.75, 3.05) is 0 Å². The van der Waals surface area contributed by atoms with Crippen molar-refractivity contribution in [2.45, 2.75) is 31.7 Å². The van der Waals surface area contributed by atoms with Crippen molar-refractivity contribution in [3.8, 4) is 0 Å². The van der Waals surface area contributed by atoms with Gasteiger partial charge in [0.25, 0.3) is 0 Å². The lowest BCUT2D eigenvalue weighted by Gasteiger charge is -2.62. The van der Waals surface area contributed by atoms with E-state index in [0.29, 0.717) is 11.5 Å². The van der Waals surface area contributed by atoms with Gasteiger partial charge in [-0.1, -0.05) is 30.3 Å². The predicted molar refractivity (Wildman–Crippen MR) is 65.7 cm³/mol. The molecule has 0 aromatic heterocycles. The first kappa shape index (κ1) is 8.98. The Bertz CT molecular complexity index is 436. The summed E-state index contributed by atoms with van der Waals surface area (Å²) >= 11 is 0. The van der Waals surface area contributed by atoms with Crippen molar-refractivity contribution >= 4 is 6.21 Å². The normalized spacial score (nSPS) is 43.1. The molecule has 0 amide bonds. The summed E-state index contributed by atoms with van der Waals surface area (Å²) in [4.78, 5) is 4.64. The van der Waals surface area contributed by atoms with E-state index in [1.54, 1.807) is 0 Å². The fourth-order valence-corrected chi connectivity index (χ4v) is 4.35. The first-order valence-corrected chi connectivity index (χ1v) is 6.43. The van der Waals surface area contributed by atoms with Crippen molar-refractivity contribution < 1.29 is 0 Å². The second-order valence-corrected chi connectivity index (χ2v) is 5.91. The Morgan fingerprint density at radius 2 is 2.06 bits per heavy atom. The highest BCUT2D eigenvalue weighted by molar-refractivity contribution is 5.67. The number of nitrogens with zero attached hydrogens (tertiary/aromatic N) is 1. The predicted octanol–water partition coefficient (Wildman–Crippen LogP) is 3.10. The summed E-state index contributed by atoms with van der Waals surface area (Å²) in [5.41, 5.74) is 2.11. The third-order valence-corrected chi connectivity index (χ3v) is 4.96. The van der Waals surface area contributed by atoms with Crippen molar-refractivity contribution in [1.29, 1.82) is 0 Å². The maximum atomic E-state index is 4.64. The van der Waals surface area contributed by atoms with Crippen LogP contribution in [-0.2, 0) is 6.42 Å². The Hall–Kier alpha value is -1.11. The lowest BCUT2D eigenvalue weighted by atomic mass is 9.44. The zero-order chi connectivity index (χ0) is 10.6. The van der Waals surface area contributed by atoms with Crippen LogP contribution < -0.4 is 0 Å². The minimum Gasteiger partial charge on any atom is -0.294 e. The molecule has 1 heteroatoms. The zero-order valence-electron chi connectivity index (χ0n) is 9.47. The molecule has 4 atom stereocenters. The molecule has 0 spiro atoms. The molecule has 6 rings (SSSR count). The highest BCUT2D eigenvalue weighted by Gasteiger charge is 2.59. The monoisotopic (exact) mass is 211 g/mol. The van der Waals surface area contributed by atoms with Gasteiger partial charge in [0.2, 0.25) is 0 Å². The molecule has 4 unspecified atom stereocenters. The van der Waals surface area contributed by atoms with Crippen molar-refractivity contribution in [3.63, 3.8) is 0 Å². The topological polar surface area (TPSA) is 12.4 Å². The van der Waals surface area contributed by atoms with Crippen molar-refractivity contribution in [3.05, 3.63) is 35.9 Å². The minimum atomic E-state index is 0.594. The van der Waals surface area contributed by atoms with Crippen LogP contribution in [-0.4, -0.2) is 12.3 Å². The highest BCUT2D eigenvalue weighted by Crippen LogP contribution is 2.63. The molecule has 4 bridgehead atoms. The van der Waals surface area contributed by atoms with E-state index >= 15 is 0 Å². The largest absolute Gasteiger partial charge is 0.294 e. The Morgan fingerprint density at radius 1 is 1.19 bits per heavy atom. The quantitative estimate of drug-likeness (QED) is 0.713. The fourth-order valence-electron chi connectivity index (χ4n) is 4.35. The molecule has 1 aromatic rings. The highest BCUT2D eigenvalue weighted by atomic mass is 14.9. The number of rotatable bonds is 2. The summed E-state index contributed by atoms with van der Waals surface area (Å²) in [5, 5.41) is 0.